The van der Waals surface area contributed by atoms with Crippen LogP contribution in [0.2, 0.25) is 0 Å². The normalized spacial score (nSPS) is 11.8. The van der Waals surface area contributed by atoms with E-state index in [1.165, 1.54) is 23.0 Å². The Morgan fingerprint density at radius 1 is 1.62 bits per heavy atom. The quantitative estimate of drug-likeness (QED) is 0.691. The lowest BCUT2D eigenvalue weighted by Crippen LogP contribution is -2.03. The Hall–Kier alpha value is 0.600. The first-order valence-electron chi connectivity index (χ1n) is 1.82. The van der Waals surface area contributed by atoms with Crippen molar-refractivity contribution in [3.63, 3.8) is 0 Å². The minimum atomic E-state index is -3.68. The van der Waals surface area contributed by atoms with Gasteiger partial charge in [0, 0.05) is 0 Å². The molecule has 0 unspecified atom stereocenters. The van der Waals surface area contributed by atoms with Crippen molar-refractivity contribution in [2.45, 2.75) is 6.92 Å². The minimum absolute atomic E-state index is 0.103. The Kier molecular flexibility index (Phi) is 3.86. The molecule has 8 heavy (non-hydrogen) atoms. The number of rotatable bonds is 3. The summed E-state index contributed by atoms with van der Waals surface area (Å²) < 4.78 is 28.3. The third kappa shape index (κ3) is 3.58. The van der Waals surface area contributed by atoms with E-state index in [2.05, 4.69) is 6.70 Å². The van der Waals surface area contributed by atoms with Crippen molar-refractivity contribution in [1.82, 2.24) is 0 Å². The smallest absolute Gasteiger partial charge is 0.248 e. The summed E-state index contributed by atoms with van der Waals surface area (Å²) in [5.74, 6) is 0. The second-order valence-electron chi connectivity index (χ2n) is 0.878. The summed E-state index contributed by atoms with van der Waals surface area (Å²) in [7, 11) is -3.68. The van der Waals surface area contributed by atoms with E-state index in [1.54, 1.807) is 6.92 Å². The van der Waals surface area contributed by atoms with Crippen LogP contribution in [0.1, 0.15) is 6.92 Å². The average molecular weight is 252 g/mol. The van der Waals surface area contributed by atoms with Crippen LogP contribution in [0.25, 0.3) is 0 Å². The van der Waals surface area contributed by atoms with E-state index in [-0.39, 0.29) is 6.61 Å². The largest absolute Gasteiger partial charge is 0.409 e. The molecule has 0 spiro atoms. The minimum Gasteiger partial charge on any atom is -0.248 e. The molecule has 0 aromatic carbocycles. The van der Waals surface area contributed by atoms with Crippen molar-refractivity contribution in [3.05, 3.63) is 0 Å². The average Bonchev–Trinajstić information content (AvgIpc) is 1.67. The fraction of sp³-hybridized carbons (Fsp3) is 1.00. The highest BCUT2D eigenvalue weighted by atomic mass is 127. The number of hydrogen-bond acceptors (Lipinski definition) is 4. The predicted octanol–water partition coefficient (Wildman–Crippen LogP) is 0.634. The second kappa shape index (κ2) is 3.59. The molecule has 0 heterocycles. The van der Waals surface area contributed by atoms with Gasteiger partial charge in [-0.1, -0.05) is 0 Å². The van der Waals surface area contributed by atoms with Crippen molar-refractivity contribution in [2.75, 3.05) is 6.61 Å². The van der Waals surface area contributed by atoms with Crippen LogP contribution < -0.4 is 0 Å². The van der Waals surface area contributed by atoms with Gasteiger partial charge in [-0.15, -0.1) is 0 Å². The fourth-order valence-electron chi connectivity index (χ4n) is 0.163. The third-order valence-electron chi connectivity index (χ3n) is 0.339. The van der Waals surface area contributed by atoms with Gasteiger partial charge in [0.05, 0.1) is 6.61 Å². The topological polar surface area (TPSA) is 52.6 Å². The zero-order chi connectivity index (χ0) is 6.62. The van der Waals surface area contributed by atoms with E-state index in [0.717, 1.165) is 0 Å². The standard InChI is InChI=1S/C2H5IO4S/c1-2-6-8(4,5)7-3/h2H2,1H3. The Balaban J connectivity index is 3.76. The van der Waals surface area contributed by atoms with Crippen LogP contribution in [0.4, 0.5) is 0 Å². The summed E-state index contributed by atoms with van der Waals surface area (Å²) in [6.45, 7) is 1.67. The Morgan fingerprint density at radius 3 is 2.25 bits per heavy atom. The van der Waals surface area contributed by atoms with E-state index >= 15 is 0 Å². The van der Waals surface area contributed by atoms with Gasteiger partial charge in [0.1, 0.15) is 23.0 Å². The first kappa shape index (κ1) is 8.60. The first-order chi connectivity index (χ1) is 3.62. The van der Waals surface area contributed by atoms with Gasteiger partial charge < -0.3 is 0 Å². The van der Waals surface area contributed by atoms with Gasteiger partial charge in [0.25, 0.3) is 0 Å². The summed E-state index contributed by atoms with van der Waals surface area (Å²) in [5.41, 5.74) is 0. The molecule has 0 amide bonds. The van der Waals surface area contributed by atoms with Gasteiger partial charge in [-0.2, -0.15) is 10.9 Å². The molecule has 0 rings (SSSR count). The van der Waals surface area contributed by atoms with Crippen LogP contribution in [-0.4, -0.2) is 15.0 Å². The van der Waals surface area contributed by atoms with Crippen molar-refractivity contribution in [1.29, 1.82) is 0 Å². The van der Waals surface area contributed by atoms with Crippen LogP contribution in [-0.2, 0) is 17.1 Å². The molecule has 0 bridgehead atoms. The lowest BCUT2D eigenvalue weighted by molar-refractivity contribution is 0.304. The molecule has 0 saturated heterocycles. The SMILES string of the molecule is CCOS(=O)(=O)OI. The summed E-state index contributed by atoms with van der Waals surface area (Å²) >= 11 is 1.24. The van der Waals surface area contributed by atoms with Crippen molar-refractivity contribution in [3.8, 4) is 0 Å². The van der Waals surface area contributed by atoms with Gasteiger partial charge in [0.15, 0.2) is 0 Å². The van der Waals surface area contributed by atoms with Crippen molar-refractivity contribution in [2.24, 2.45) is 0 Å². The number of hydrogen-bond donors (Lipinski definition) is 0. The molecule has 0 aliphatic heterocycles. The molecule has 0 N–H and O–H groups in total. The molecule has 0 aromatic rings. The zero-order valence-corrected chi connectivity index (χ0v) is 7.10. The van der Waals surface area contributed by atoms with Crippen LogP contribution in [0.3, 0.4) is 0 Å². The van der Waals surface area contributed by atoms with Gasteiger partial charge in [-0.3, -0.25) is 0 Å². The Bertz CT molecular complexity index is 138. The molecule has 6 heteroatoms. The summed E-state index contributed by atoms with van der Waals surface area (Å²) in [4.78, 5) is 0. The highest BCUT2D eigenvalue weighted by Crippen LogP contribution is 1.99. The van der Waals surface area contributed by atoms with E-state index in [1.807, 2.05) is 0 Å². The van der Waals surface area contributed by atoms with Gasteiger partial charge in [-0.25, -0.2) is 4.18 Å². The zero-order valence-electron chi connectivity index (χ0n) is 4.13. The van der Waals surface area contributed by atoms with Crippen LogP contribution >= 0.6 is 23.0 Å². The maximum absolute atomic E-state index is 10.1. The van der Waals surface area contributed by atoms with Gasteiger partial charge in [0.2, 0.25) is 0 Å². The van der Waals surface area contributed by atoms with Crippen LogP contribution in [0.15, 0.2) is 0 Å². The molecule has 0 radical (unpaired) electrons. The maximum Gasteiger partial charge on any atom is 0.409 e. The molecule has 0 aromatic heterocycles. The fourth-order valence-corrected chi connectivity index (χ4v) is 0.799. The van der Waals surface area contributed by atoms with Gasteiger partial charge in [-0.05, 0) is 6.92 Å². The summed E-state index contributed by atoms with van der Waals surface area (Å²) in [5, 5.41) is 0. The Morgan fingerprint density at radius 2 is 2.12 bits per heavy atom. The van der Waals surface area contributed by atoms with E-state index in [4.69, 9.17) is 0 Å². The van der Waals surface area contributed by atoms with E-state index in [9.17, 15) is 8.42 Å². The molecule has 50 valence electrons. The van der Waals surface area contributed by atoms with Crippen molar-refractivity contribution >= 4 is 33.4 Å². The monoisotopic (exact) mass is 252 g/mol. The lowest BCUT2D eigenvalue weighted by Gasteiger charge is -1.93. The van der Waals surface area contributed by atoms with Crippen molar-refractivity contribution < 1.29 is 15.1 Å². The molecule has 0 aliphatic rings. The maximum atomic E-state index is 10.1. The molecular weight excluding hydrogens is 247 g/mol. The molecule has 0 atom stereocenters. The molecule has 0 aliphatic carbocycles. The molecular formula is C2H5IO4S. The highest BCUT2D eigenvalue weighted by Gasteiger charge is 2.06. The molecule has 0 saturated carbocycles. The summed E-state index contributed by atoms with van der Waals surface area (Å²) in [6, 6.07) is 0. The summed E-state index contributed by atoms with van der Waals surface area (Å²) in [6.07, 6.45) is 0. The number of halogens is 1. The predicted molar refractivity (Wildman–Crippen MR) is 35.7 cm³/mol. The second-order valence-corrected chi connectivity index (χ2v) is 3.13. The van der Waals surface area contributed by atoms with Crippen LogP contribution in [0.5, 0.6) is 0 Å². The molecule has 4 nitrogen and oxygen atoms in total. The van der Waals surface area contributed by atoms with E-state index < -0.39 is 10.4 Å². The highest BCUT2D eigenvalue weighted by molar-refractivity contribution is 14.1. The third-order valence-corrected chi connectivity index (χ3v) is 2.34. The lowest BCUT2D eigenvalue weighted by atomic mass is 10.9. The van der Waals surface area contributed by atoms with E-state index in [0.29, 0.717) is 0 Å². The van der Waals surface area contributed by atoms with Crippen LogP contribution in [0, 0.1) is 0 Å². The first-order valence-corrected chi connectivity index (χ1v) is 4.03. The molecule has 0 fully saturated rings. The Labute approximate surface area is 62.2 Å². The van der Waals surface area contributed by atoms with Gasteiger partial charge >= 0.3 is 10.4 Å².